The van der Waals surface area contributed by atoms with Crippen LogP contribution in [-0.2, 0) is 21.4 Å². The molecular formula is C17H25N3O4. The monoisotopic (exact) mass is 335 g/mol. The van der Waals surface area contributed by atoms with Crippen molar-refractivity contribution in [2.24, 2.45) is 24.8 Å². The number of nitrogens with zero attached hydrogens (tertiary/aromatic N) is 3. The molecule has 1 N–H and O–H groups in total. The van der Waals surface area contributed by atoms with Crippen molar-refractivity contribution in [3.63, 3.8) is 0 Å². The molecule has 24 heavy (non-hydrogen) atoms. The predicted octanol–water partition coefficient (Wildman–Crippen LogP) is 1.46. The minimum absolute atomic E-state index is 0.0127. The van der Waals surface area contributed by atoms with Crippen molar-refractivity contribution in [3.8, 4) is 0 Å². The van der Waals surface area contributed by atoms with E-state index in [1.165, 1.54) is 0 Å². The molecule has 2 aliphatic rings. The lowest BCUT2D eigenvalue weighted by Crippen LogP contribution is -2.49. The number of hydrogen-bond acceptors (Lipinski definition) is 4. The van der Waals surface area contributed by atoms with Crippen molar-refractivity contribution in [1.82, 2.24) is 14.7 Å². The Hall–Kier alpha value is -1.89. The number of hydrogen-bond donors (Lipinski definition) is 1. The number of aliphatic carboxylic acids is 1. The third kappa shape index (κ3) is 3.31. The molecule has 2 unspecified atom stereocenters. The van der Waals surface area contributed by atoms with Gasteiger partial charge in [0.05, 0.1) is 17.5 Å². The largest absolute Gasteiger partial charge is 0.481 e. The first-order valence-corrected chi connectivity index (χ1v) is 8.58. The lowest BCUT2D eigenvalue weighted by Gasteiger charge is -2.39. The van der Waals surface area contributed by atoms with Crippen LogP contribution in [0, 0.1) is 17.8 Å². The second-order valence-electron chi connectivity index (χ2n) is 7.04. The zero-order valence-corrected chi connectivity index (χ0v) is 14.2. The number of carboxylic acids is 1. The highest BCUT2D eigenvalue weighted by atomic mass is 16.5. The molecule has 7 heteroatoms. The number of amides is 1. The van der Waals surface area contributed by atoms with E-state index >= 15 is 0 Å². The van der Waals surface area contributed by atoms with E-state index in [1.807, 2.05) is 20.0 Å². The molecule has 2 aliphatic heterocycles. The summed E-state index contributed by atoms with van der Waals surface area (Å²) in [6, 6.07) is 1.88. The Morgan fingerprint density at radius 1 is 1.38 bits per heavy atom. The molecule has 1 amide bonds. The van der Waals surface area contributed by atoms with Crippen LogP contribution in [0.3, 0.4) is 0 Å². The van der Waals surface area contributed by atoms with Gasteiger partial charge < -0.3 is 14.7 Å². The first-order valence-electron chi connectivity index (χ1n) is 8.58. The maximum atomic E-state index is 13.1. The molecule has 0 saturated carbocycles. The van der Waals surface area contributed by atoms with Gasteiger partial charge >= 0.3 is 5.97 Å². The molecule has 0 bridgehead atoms. The summed E-state index contributed by atoms with van der Waals surface area (Å²) in [5, 5.41) is 13.5. The summed E-state index contributed by atoms with van der Waals surface area (Å²) < 4.78 is 7.65. The van der Waals surface area contributed by atoms with Gasteiger partial charge in [0, 0.05) is 32.9 Å². The normalized spacial score (nSPS) is 31.0. The maximum Gasteiger partial charge on any atom is 0.308 e. The Bertz CT molecular complexity index is 615. The molecule has 3 rings (SSSR count). The molecule has 0 spiro atoms. The molecule has 132 valence electrons. The smallest absolute Gasteiger partial charge is 0.308 e. The van der Waals surface area contributed by atoms with E-state index in [4.69, 9.17) is 4.74 Å². The number of aromatic nitrogens is 2. The van der Waals surface area contributed by atoms with Gasteiger partial charge in [0.1, 0.15) is 6.10 Å². The number of aryl methyl sites for hydroxylation is 1. The second-order valence-corrected chi connectivity index (χ2v) is 7.04. The Balaban J connectivity index is 1.79. The summed E-state index contributed by atoms with van der Waals surface area (Å²) in [7, 11) is 1.85. The van der Waals surface area contributed by atoms with Crippen molar-refractivity contribution < 1.29 is 19.4 Å². The number of rotatable bonds is 3. The number of carboxylic acid groups (broad SMARTS) is 1. The van der Waals surface area contributed by atoms with Gasteiger partial charge in [0.25, 0.3) is 0 Å². The molecule has 2 fully saturated rings. The predicted molar refractivity (Wildman–Crippen MR) is 86.1 cm³/mol. The summed E-state index contributed by atoms with van der Waals surface area (Å²) in [6.07, 6.45) is 3.64. The second kappa shape index (κ2) is 6.93. The van der Waals surface area contributed by atoms with Crippen molar-refractivity contribution in [2.75, 3.05) is 19.7 Å². The molecule has 1 aromatic heterocycles. The van der Waals surface area contributed by atoms with E-state index in [-0.39, 0.29) is 23.8 Å². The van der Waals surface area contributed by atoms with Crippen LogP contribution >= 0.6 is 0 Å². The van der Waals surface area contributed by atoms with Crippen LogP contribution in [-0.4, -0.2) is 51.4 Å². The maximum absolute atomic E-state index is 13.1. The van der Waals surface area contributed by atoms with E-state index in [0.717, 1.165) is 18.5 Å². The van der Waals surface area contributed by atoms with Crippen LogP contribution in [0.4, 0.5) is 0 Å². The molecule has 2 saturated heterocycles. The van der Waals surface area contributed by atoms with Gasteiger partial charge in [0.2, 0.25) is 5.91 Å². The molecule has 1 aromatic rings. The van der Waals surface area contributed by atoms with Gasteiger partial charge in [-0.3, -0.25) is 14.3 Å². The van der Waals surface area contributed by atoms with Crippen LogP contribution < -0.4 is 0 Å². The summed E-state index contributed by atoms with van der Waals surface area (Å²) in [4.78, 5) is 26.2. The summed E-state index contributed by atoms with van der Waals surface area (Å²) >= 11 is 0. The fourth-order valence-corrected chi connectivity index (χ4v) is 3.93. The number of piperidine rings is 1. The first kappa shape index (κ1) is 17.0. The van der Waals surface area contributed by atoms with Crippen molar-refractivity contribution in [3.05, 3.63) is 18.0 Å². The van der Waals surface area contributed by atoms with Gasteiger partial charge in [0.15, 0.2) is 0 Å². The van der Waals surface area contributed by atoms with E-state index in [2.05, 4.69) is 5.10 Å². The molecule has 0 radical (unpaired) electrons. The number of ether oxygens (including phenoxy) is 1. The zero-order valence-electron chi connectivity index (χ0n) is 14.2. The minimum atomic E-state index is -0.817. The molecule has 7 nitrogen and oxygen atoms in total. The standard InChI is InChI=1S/C17H25N3O4/c1-11-8-12(17(22)23)10-20(9-11)16(21)13-4-3-7-24-15(13)14-5-6-18-19(14)2/h5-6,11-13,15H,3-4,7-10H2,1-2H3,(H,22,23)/t11?,12?,13-,15-/m1/s1. The van der Waals surface area contributed by atoms with Crippen LogP contribution in [0.15, 0.2) is 12.3 Å². The first-order chi connectivity index (χ1) is 11.5. The number of carbonyl (C=O) groups is 2. The summed E-state index contributed by atoms with van der Waals surface area (Å²) in [6.45, 7) is 3.56. The van der Waals surface area contributed by atoms with Gasteiger partial charge in [-0.1, -0.05) is 6.92 Å². The highest BCUT2D eigenvalue weighted by molar-refractivity contribution is 5.81. The van der Waals surface area contributed by atoms with Crippen LogP contribution in [0.1, 0.15) is 38.0 Å². The Morgan fingerprint density at radius 3 is 2.83 bits per heavy atom. The summed E-state index contributed by atoms with van der Waals surface area (Å²) in [5.41, 5.74) is 0.896. The van der Waals surface area contributed by atoms with Gasteiger partial charge in [-0.05, 0) is 31.2 Å². The van der Waals surface area contributed by atoms with Crippen molar-refractivity contribution >= 4 is 11.9 Å². The van der Waals surface area contributed by atoms with Crippen molar-refractivity contribution in [1.29, 1.82) is 0 Å². The lowest BCUT2D eigenvalue weighted by atomic mass is 9.86. The Kier molecular flexibility index (Phi) is 4.89. The fourth-order valence-electron chi connectivity index (χ4n) is 3.93. The fraction of sp³-hybridized carbons (Fsp3) is 0.706. The number of carbonyl (C=O) groups excluding carboxylic acids is 1. The van der Waals surface area contributed by atoms with E-state index < -0.39 is 11.9 Å². The van der Waals surface area contributed by atoms with E-state index in [1.54, 1.807) is 15.8 Å². The van der Waals surface area contributed by atoms with Gasteiger partial charge in [-0.25, -0.2) is 0 Å². The number of likely N-dealkylation sites (tertiary alicyclic amines) is 1. The van der Waals surface area contributed by atoms with Crippen LogP contribution in [0.2, 0.25) is 0 Å². The lowest BCUT2D eigenvalue weighted by molar-refractivity contribution is -0.153. The highest BCUT2D eigenvalue weighted by Gasteiger charge is 2.40. The molecule has 0 aliphatic carbocycles. The van der Waals surface area contributed by atoms with E-state index in [0.29, 0.717) is 26.1 Å². The molecule has 4 atom stereocenters. The third-order valence-electron chi connectivity index (χ3n) is 5.11. The average molecular weight is 335 g/mol. The highest BCUT2D eigenvalue weighted by Crippen LogP contribution is 2.36. The van der Waals surface area contributed by atoms with Crippen LogP contribution in [0.5, 0.6) is 0 Å². The SMILES string of the molecule is CC1CC(C(=O)O)CN(C(=O)[C@@H]2CCCO[C@H]2c2ccnn2C)C1. The zero-order chi connectivity index (χ0) is 17.3. The topological polar surface area (TPSA) is 84.7 Å². The minimum Gasteiger partial charge on any atom is -0.481 e. The van der Waals surface area contributed by atoms with Gasteiger partial charge in [-0.2, -0.15) is 5.10 Å². The summed E-state index contributed by atoms with van der Waals surface area (Å²) in [5.74, 6) is -1.35. The van der Waals surface area contributed by atoms with Crippen LogP contribution in [0.25, 0.3) is 0 Å². The quantitative estimate of drug-likeness (QED) is 0.904. The van der Waals surface area contributed by atoms with E-state index in [9.17, 15) is 14.7 Å². The molecular weight excluding hydrogens is 310 g/mol. The third-order valence-corrected chi connectivity index (χ3v) is 5.11. The van der Waals surface area contributed by atoms with Crippen molar-refractivity contribution in [2.45, 2.75) is 32.3 Å². The molecule has 3 heterocycles. The Labute approximate surface area is 141 Å². The average Bonchev–Trinajstić information content (AvgIpc) is 2.99. The van der Waals surface area contributed by atoms with Gasteiger partial charge in [-0.15, -0.1) is 0 Å². The molecule has 0 aromatic carbocycles. The Morgan fingerprint density at radius 2 is 2.17 bits per heavy atom.